The van der Waals surface area contributed by atoms with Crippen molar-refractivity contribution < 1.29 is 28.4 Å². The monoisotopic (exact) mass is 387 g/mol. The Kier molecular flexibility index (Phi) is 6.92. The number of carbonyl (C=O) groups excluding carboxylic acids is 3. The Hall–Kier alpha value is -4.08. The summed E-state index contributed by atoms with van der Waals surface area (Å²) >= 11 is 0. The van der Waals surface area contributed by atoms with Gasteiger partial charge in [-0.1, -0.05) is 24.3 Å². The zero-order valence-corrected chi connectivity index (χ0v) is 14.3. The molecule has 0 bridgehead atoms. The Morgan fingerprint density at radius 2 is 1.86 bits per heavy atom. The normalized spacial score (nSPS) is 10.3. The number of ether oxygens (including phenoxy) is 1. The largest absolute Gasteiger partial charge is 0.452 e. The molecule has 0 aliphatic heterocycles. The van der Waals surface area contributed by atoms with Crippen molar-refractivity contribution in [1.29, 1.82) is 0 Å². The standard InChI is InChI=1S/C18H14FN3O6/c19-15-7-2-1-6-14(15)18(25)21-20-16(23)11-28-17(24)9-8-12-4-3-5-13(10-12)22(26)27/h1-10H,11H2,(H,20,23)(H,21,25)/b9-8+. The summed E-state index contributed by atoms with van der Waals surface area (Å²) in [5, 5.41) is 10.7. The van der Waals surface area contributed by atoms with Gasteiger partial charge in [0.1, 0.15) is 5.82 Å². The molecule has 0 unspecified atom stereocenters. The molecule has 2 amide bonds. The lowest BCUT2D eigenvalue weighted by atomic mass is 10.2. The van der Waals surface area contributed by atoms with E-state index in [0.717, 1.165) is 12.1 Å². The Bertz CT molecular complexity index is 944. The van der Waals surface area contributed by atoms with Gasteiger partial charge in [0, 0.05) is 18.2 Å². The van der Waals surface area contributed by atoms with Crippen LogP contribution in [0.25, 0.3) is 6.08 Å². The number of hydrogen-bond acceptors (Lipinski definition) is 6. The zero-order valence-electron chi connectivity index (χ0n) is 14.3. The molecule has 28 heavy (non-hydrogen) atoms. The Balaban J connectivity index is 1.78. The first kappa shape index (κ1) is 20.2. The van der Waals surface area contributed by atoms with Gasteiger partial charge in [0.15, 0.2) is 6.61 Å². The first-order valence-electron chi connectivity index (χ1n) is 7.80. The van der Waals surface area contributed by atoms with Gasteiger partial charge in [-0.3, -0.25) is 30.6 Å². The molecular formula is C18H14FN3O6. The minimum atomic E-state index is -0.873. The fourth-order valence-corrected chi connectivity index (χ4v) is 1.97. The number of hydrogen-bond donors (Lipinski definition) is 2. The summed E-state index contributed by atoms with van der Waals surface area (Å²) in [6.07, 6.45) is 2.28. The summed E-state index contributed by atoms with van der Waals surface area (Å²) in [7, 11) is 0. The molecule has 2 rings (SSSR count). The molecule has 2 aromatic rings. The predicted octanol–water partition coefficient (Wildman–Crippen LogP) is 1.75. The van der Waals surface area contributed by atoms with Gasteiger partial charge in [0.25, 0.3) is 17.5 Å². The highest BCUT2D eigenvalue weighted by molar-refractivity contribution is 5.96. The van der Waals surface area contributed by atoms with E-state index in [0.29, 0.717) is 5.56 Å². The van der Waals surface area contributed by atoms with Gasteiger partial charge in [-0.2, -0.15) is 0 Å². The van der Waals surface area contributed by atoms with Crippen LogP contribution in [0.1, 0.15) is 15.9 Å². The van der Waals surface area contributed by atoms with Crippen LogP contribution in [0.3, 0.4) is 0 Å². The number of nitrogens with one attached hydrogen (secondary N) is 2. The third-order valence-electron chi connectivity index (χ3n) is 3.27. The molecule has 0 aromatic heterocycles. The van der Waals surface area contributed by atoms with Crippen LogP contribution >= 0.6 is 0 Å². The van der Waals surface area contributed by atoms with Crippen LogP contribution in [0.15, 0.2) is 54.6 Å². The summed E-state index contributed by atoms with van der Waals surface area (Å²) in [5.41, 5.74) is 3.96. The minimum absolute atomic E-state index is 0.138. The van der Waals surface area contributed by atoms with Crippen molar-refractivity contribution >= 4 is 29.5 Å². The van der Waals surface area contributed by atoms with Crippen molar-refractivity contribution in [2.24, 2.45) is 0 Å². The lowest BCUT2D eigenvalue weighted by Crippen LogP contribution is -2.43. The van der Waals surface area contributed by atoms with E-state index in [9.17, 15) is 28.9 Å². The van der Waals surface area contributed by atoms with E-state index in [1.807, 2.05) is 10.9 Å². The first-order chi connectivity index (χ1) is 13.4. The molecule has 10 heteroatoms. The average Bonchev–Trinajstić information content (AvgIpc) is 2.69. The number of carbonyl (C=O) groups is 3. The molecule has 0 aliphatic rings. The Morgan fingerprint density at radius 1 is 1.11 bits per heavy atom. The number of nitrogens with zero attached hydrogens (tertiary/aromatic N) is 1. The number of halogens is 1. The lowest BCUT2D eigenvalue weighted by molar-refractivity contribution is -0.384. The molecule has 2 N–H and O–H groups in total. The van der Waals surface area contributed by atoms with Crippen molar-refractivity contribution in [3.8, 4) is 0 Å². The molecule has 0 aliphatic carbocycles. The lowest BCUT2D eigenvalue weighted by Gasteiger charge is -2.07. The van der Waals surface area contributed by atoms with Crippen molar-refractivity contribution in [2.45, 2.75) is 0 Å². The summed E-state index contributed by atoms with van der Waals surface area (Å²) < 4.78 is 18.1. The SMILES string of the molecule is O=C(COC(=O)/C=C/c1cccc([N+](=O)[O-])c1)NNC(=O)c1ccccc1F. The third kappa shape index (κ3) is 6.02. The Morgan fingerprint density at radius 3 is 2.57 bits per heavy atom. The van der Waals surface area contributed by atoms with E-state index in [2.05, 4.69) is 4.74 Å². The van der Waals surface area contributed by atoms with Crippen molar-refractivity contribution in [1.82, 2.24) is 10.9 Å². The van der Waals surface area contributed by atoms with E-state index >= 15 is 0 Å². The molecule has 0 saturated carbocycles. The predicted molar refractivity (Wildman–Crippen MR) is 95.1 cm³/mol. The highest BCUT2D eigenvalue weighted by Gasteiger charge is 2.12. The number of nitro groups is 1. The van der Waals surface area contributed by atoms with Crippen LogP contribution in [-0.2, 0) is 14.3 Å². The van der Waals surface area contributed by atoms with Gasteiger partial charge in [-0.15, -0.1) is 0 Å². The summed E-state index contributed by atoms with van der Waals surface area (Å²) in [5.74, 6) is -3.35. The van der Waals surface area contributed by atoms with E-state index < -0.39 is 35.1 Å². The molecule has 0 fully saturated rings. The second-order valence-electron chi connectivity index (χ2n) is 5.28. The molecule has 0 saturated heterocycles. The molecule has 0 radical (unpaired) electrons. The molecule has 9 nitrogen and oxygen atoms in total. The molecule has 0 atom stereocenters. The van der Waals surface area contributed by atoms with E-state index in [1.165, 1.54) is 42.5 Å². The topological polar surface area (TPSA) is 128 Å². The molecule has 144 valence electrons. The number of non-ortho nitro benzene ring substituents is 1. The van der Waals surface area contributed by atoms with Gasteiger partial charge < -0.3 is 4.74 Å². The average molecular weight is 387 g/mol. The van der Waals surface area contributed by atoms with Gasteiger partial charge in [0.05, 0.1) is 10.5 Å². The molecule has 0 heterocycles. The van der Waals surface area contributed by atoms with Crippen LogP contribution in [0.5, 0.6) is 0 Å². The second kappa shape index (κ2) is 9.57. The first-order valence-corrected chi connectivity index (χ1v) is 7.80. The van der Waals surface area contributed by atoms with E-state index in [1.54, 1.807) is 6.07 Å². The van der Waals surface area contributed by atoms with Gasteiger partial charge in [0.2, 0.25) is 0 Å². The van der Waals surface area contributed by atoms with Crippen LogP contribution < -0.4 is 10.9 Å². The van der Waals surface area contributed by atoms with Crippen molar-refractivity contribution in [3.63, 3.8) is 0 Å². The number of esters is 1. The molecule has 0 spiro atoms. The maximum Gasteiger partial charge on any atom is 0.331 e. The number of benzene rings is 2. The Labute approximate surface area is 157 Å². The van der Waals surface area contributed by atoms with Crippen LogP contribution in [0, 0.1) is 15.9 Å². The van der Waals surface area contributed by atoms with E-state index in [4.69, 9.17) is 0 Å². The molecular weight excluding hydrogens is 373 g/mol. The highest BCUT2D eigenvalue weighted by atomic mass is 19.1. The quantitative estimate of drug-likeness (QED) is 0.336. The van der Waals surface area contributed by atoms with Gasteiger partial charge >= 0.3 is 5.97 Å². The number of rotatable bonds is 6. The van der Waals surface area contributed by atoms with E-state index in [-0.39, 0.29) is 11.3 Å². The summed E-state index contributed by atoms with van der Waals surface area (Å²) in [6, 6.07) is 10.7. The maximum absolute atomic E-state index is 13.4. The summed E-state index contributed by atoms with van der Waals surface area (Å²) in [4.78, 5) is 45.0. The van der Waals surface area contributed by atoms with Crippen LogP contribution in [-0.4, -0.2) is 29.3 Å². The fraction of sp³-hybridized carbons (Fsp3) is 0.0556. The number of hydrazine groups is 1. The minimum Gasteiger partial charge on any atom is -0.452 e. The number of amides is 2. The van der Waals surface area contributed by atoms with Crippen molar-refractivity contribution in [3.05, 3.63) is 81.7 Å². The second-order valence-corrected chi connectivity index (χ2v) is 5.28. The van der Waals surface area contributed by atoms with Crippen LogP contribution in [0.4, 0.5) is 10.1 Å². The molecule has 2 aromatic carbocycles. The fourth-order valence-electron chi connectivity index (χ4n) is 1.97. The number of nitro benzene ring substituents is 1. The highest BCUT2D eigenvalue weighted by Crippen LogP contribution is 2.14. The maximum atomic E-state index is 13.4. The summed E-state index contributed by atoms with van der Waals surface area (Å²) in [6.45, 7) is -0.699. The smallest absolute Gasteiger partial charge is 0.331 e. The van der Waals surface area contributed by atoms with Crippen molar-refractivity contribution in [2.75, 3.05) is 6.61 Å². The van der Waals surface area contributed by atoms with Gasteiger partial charge in [-0.05, 0) is 23.8 Å². The van der Waals surface area contributed by atoms with Crippen LogP contribution in [0.2, 0.25) is 0 Å². The third-order valence-corrected chi connectivity index (χ3v) is 3.27. The zero-order chi connectivity index (χ0) is 20.5. The van der Waals surface area contributed by atoms with Gasteiger partial charge in [-0.25, -0.2) is 9.18 Å².